The van der Waals surface area contributed by atoms with Crippen LogP contribution in [0.4, 0.5) is 0 Å². The van der Waals surface area contributed by atoms with Crippen LogP contribution in [0.25, 0.3) is 6.08 Å². The zero-order valence-electron chi connectivity index (χ0n) is 19.4. The van der Waals surface area contributed by atoms with Crippen LogP contribution >= 0.6 is 0 Å². The van der Waals surface area contributed by atoms with Crippen molar-refractivity contribution in [2.45, 2.75) is 59.3 Å². The predicted octanol–water partition coefficient (Wildman–Crippen LogP) is 6.90. The van der Waals surface area contributed by atoms with Gasteiger partial charge in [0.05, 0.1) is 20.3 Å². The first-order chi connectivity index (χ1) is 15.1. The van der Waals surface area contributed by atoms with E-state index in [1.807, 2.05) is 12.1 Å². The van der Waals surface area contributed by atoms with Gasteiger partial charge >= 0.3 is 0 Å². The molecule has 0 heterocycles. The third-order valence-electron chi connectivity index (χ3n) is 5.01. The first-order valence-electron chi connectivity index (χ1n) is 11.4. The lowest BCUT2D eigenvalue weighted by Gasteiger charge is -2.16. The summed E-state index contributed by atoms with van der Waals surface area (Å²) in [7, 11) is 1.61. The number of carbonyl (C=O) groups excluding carboxylic acids is 1. The highest BCUT2D eigenvalue weighted by molar-refractivity contribution is 6.07. The van der Waals surface area contributed by atoms with Crippen LogP contribution in [0.2, 0.25) is 0 Å². The second kappa shape index (κ2) is 13.5. The van der Waals surface area contributed by atoms with E-state index in [0.29, 0.717) is 18.8 Å². The SMILES string of the molecule is CCCCOc1cc(OCCCC)c(CCC)cc1/C=C/C(=O)c1ccc(OC)cc1. The number of carbonyl (C=O) groups is 1. The molecule has 0 bridgehead atoms. The number of benzene rings is 2. The molecule has 4 heteroatoms. The molecular formula is C27H36O4. The molecule has 0 aliphatic heterocycles. The smallest absolute Gasteiger partial charge is 0.185 e. The highest BCUT2D eigenvalue weighted by atomic mass is 16.5. The Labute approximate surface area is 187 Å². The highest BCUT2D eigenvalue weighted by Crippen LogP contribution is 2.32. The maximum atomic E-state index is 12.6. The second-order valence-corrected chi connectivity index (χ2v) is 7.58. The van der Waals surface area contributed by atoms with Crippen molar-refractivity contribution >= 4 is 11.9 Å². The summed E-state index contributed by atoms with van der Waals surface area (Å²) in [4.78, 5) is 12.6. The minimum absolute atomic E-state index is 0.0533. The molecule has 168 valence electrons. The number of methoxy groups -OCH3 is 1. The topological polar surface area (TPSA) is 44.8 Å². The highest BCUT2D eigenvalue weighted by Gasteiger charge is 2.12. The number of ketones is 1. The molecule has 0 amide bonds. The van der Waals surface area contributed by atoms with Crippen LogP contribution in [0, 0.1) is 0 Å². The summed E-state index contributed by atoms with van der Waals surface area (Å²) in [5.41, 5.74) is 2.68. The van der Waals surface area contributed by atoms with Gasteiger partial charge < -0.3 is 14.2 Å². The molecule has 0 aliphatic rings. The number of hydrogen-bond acceptors (Lipinski definition) is 4. The zero-order chi connectivity index (χ0) is 22.5. The van der Waals surface area contributed by atoms with E-state index < -0.39 is 0 Å². The molecule has 0 aromatic heterocycles. The number of aryl methyl sites for hydroxylation is 1. The van der Waals surface area contributed by atoms with Gasteiger partial charge in [0.1, 0.15) is 17.2 Å². The van der Waals surface area contributed by atoms with Crippen molar-refractivity contribution < 1.29 is 19.0 Å². The normalized spacial score (nSPS) is 11.0. The molecular weight excluding hydrogens is 388 g/mol. The van der Waals surface area contributed by atoms with E-state index in [2.05, 4.69) is 26.8 Å². The second-order valence-electron chi connectivity index (χ2n) is 7.58. The van der Waals surface area contributed by atoms with Crippen LogP contribution in [0.15, 0.2) is 42.5 Å². The quantitative estimate of drug-likeness (QED) is 0.188. The largest absolute Gasteiger partial charge is 0.497 e. The van der Waals surface area contributed by atoms with E-state index in [-0.39, 0.29) is 5.78 Å². The van der Waals surface area contributed by atoms with E-state index in [0.717, 1.165) is 66.9 Å². The summed E-state index contributed by atoms with van der Waals surface area (Å²) in [5, 5.41) is 0. The molecule has 0 aliphatic carbocycles. The van der Waals surface area contributed by atoms with Crippen molar-refractivity contribution in [3.05, 3.63) is 59.2 Å². The first-order valence-corrected chi connectivity index (χ1v) is 11.4. The van der Waals surface area contributed by atoms with Crippen molar-refractivity contribution in [3.8, 4) is 17.2 Å². The molecule has 0 radical (unpaired) electrons. The van der Waals surface area contributed by atoms with Crippen molar-refractivity contribution in [1.82, 2.24) is 0 Å². The molecule has 0 saturated heterocycles. The molecule has 0 N–H and O–H groups in total. The van der Waals surface area contributed by atoms with Gasteiger partial charge in [0.15, 0.2) is 5.78 Å². The van der Waals surface area contributed by atoms with Crippen molar-refractivity contribution in [2.75, 3.05) is 20.3 Å². The van der Waals surface area contributed by atoms with Crippen LogP contribution in [-0.4, -0.2) is 26.1 Å². The fourth-order valence-electron chi connectivity index (χ4n) is 3.15. The van der Waals surface area contributed by atoms with E-state index in [9.17, 15) is 4.79 Å². The summed E-state index contributed by atoms with van der Waals surface area (Å²) in [6.45, 7) is 7.80. The van der Waals surface area contributed by atoms with E-state index in [1.54, 1.807) is 37.5 Å². The van der Waals surface area contributed by atoms with E-state index >= 15 is 0 Å². The molecule has 2 aromatic rings. The molecule has 2 rings (SSSR count). The van der Waals surface area contributed by atoms with Gasteiger partial charge in [0, 0.05) is 17.2 Å². The Hall–Kier alpha value is -2.75. The minimum atomic E-state index is -0.0533. The van der Waals surface area contributed by atoms with Gasteiger partial charge in [0.2, 0.25) is 0 Å². The Morgan fingerprint density at radius 2 is 1.52 bits per heavy atom. The number of hydrogen-bond donors (Lipinski definition) is 0. The van der Waals surface area contributed by atoms with Crippen molar-refractivity contribution in [3.63, 3.8) is 0 Å². The van der Waals surface area contributed by atoms with Gasteiger partial charge in [-0.1, -0.05) is 40.0 Å². The Bertz CT molecular complexity index is 837. The Balaban J connectivity index is 2.30. The predicted molar refractivity (Wildman–Crippen MR) is 128 cm³/mol. The standard InChI is InChI=1S/C27H36O4/c1-5-8-17-30-26-20-27(31-18-9-6-2)23(19-22(26)10-7-3)13-16-25(28)21-11-14-24(29-4)15-12-21/h11-16,19-20H,5-10,17-18H2,1-4H3/b16-13+. The number of allylic oxidation sites excluding steroid dienone is 1. The van der Waals surface area contributed by atoms with Crippen LogP contribution < -0.4 is 14.2 Å². The number of unbranched alkanes of at least 4 members (excludes halogenated alkanes) is 2. The monoisotopic (exact) mass is 424 g/mol. The Morgan fingerprint density at radius 1 is 0.871 bits per heavy atom. The minimum Gasteiger partial charge on any atom is -0.497 e. The lowest BCUT2D eigenvalue weighted by atomic mass is 10.0. The summed E-state index contributed by atoms with van der Waals surface area (Å²) >= 11 is 0. The first kappa shape index (κ1) is 24.5. The fraction of sp³-hybridized carbons (Fsp3) is 0.444. The van der Waals surface area contributed by atoms with Gasteiger partial charge in [-0.3, -0.25) is 4.79 Å². The molecule has 0 saturated carbocycles. The molecule has 0 fully saturated rings. The van der Waals surface area contributed by atoms with Gasteiger partial charge in [-0.2, -0.15) is 0 Å². The average molecular weight is 425 g/mol. The van der Waals surface area contributed by atoms with Crippen LogP contribution in [-0.2, 0) is 6.42 Å². The zero-order valence-corrected chi connectivity index (χ0v) is 19.4. The van der Waals surface area contributed by atoms with Crippen molar-refractivity contribution in [1.29, 1.82) is 0 Å². The Kier molecular flexibility index (Phi) is 10.7. The van der Waals surface area contributed by atoms with Gasteiger partial charge in [-0.25, -0.2) is 0 Å². The van der Waals surface area contributed by atoms with Gasteiger partial charge in [0.25, 0.3) is 0 Å². The van der Waals surface area contributed by atoms with E-state index in [4.69, 9.17) is 14.2 Å². The van der Waals surface area contributed by atoms with Crippen molar-refractivity contribution in [2.24, 2.45) is 0 Å². The third-order valence-corrected chi connectivity index (χ3v) is 5.01. The lowest BCUT2D eigenvalue weighted by molar-refractivity contribution is 0.104. The molecule has 0 spiro atoms. The van der Waals surface area contributed by atoms with Crippen LogP contribution in [0.5, 0.6) is 17.2 Å². The Morgan fingerprint density at radius 3 is 2.10 bits per heavy atom. The average Bonchev–Trinajstić information content (AvgIpc) is 2.79. The molecule has 2 aromatic carbocycles. The maximum Gasteiger partial charge on any atom is 0.185 e. The molecule has 0 atom stereocenters. The molecule has 0 unspecified atom stereocenters. The number of ether oxygens (including phenoxy) is 3. The van der Waals surface area contributed by atoms with Gasteiger partial charge in [-0.05, 0) is 67.3 Å². The van der Waals surface area contributed by atoms with Gasteiger partial charge in [-0.15, -0.1) is 0 Å². The third kappa shape index (κ3) is 7.78. The lowest BCUT2D eigenvalue weighted by Crippen LogP contribution is -2.04. The molecule has 31 heavy (non-hydrogen) atoms. The summed E-state index contributed by atoms with van der Waals surface area (Å²) in [5.74, 6) is 2.33. The maximum absolute atomic E-state index is 12.6. The summed E-state index contributed by atoms with van der Waals surface area (Å²) in [6, 6.07) is 11.2. The summed E-state index contributed by atoms with van der Waals surface area (Å²) < 4.78 is 17.3. The summed E-state index contributed by atoms with van der Waals surface area (Å²) in [6.07, 6.45) is 9.57. The van der Waals surface area contributed by atoms with Crippen LogP contribution in [0.3, 0.4) is 0 Å². The molecule has 4 nitrogen and oxygen atoms in total. The van der Waals surface area contributed by atoms with E-state index in [1.165, 1.54) is 0 Å². The van der Waals surface area contributed by atoms with Crippen LogP contribution in [0.1, 0.15) is 74.4 Å². The fourth-order valence-corrected chi connectivity index (χ4v) is 3.15. The number of rotatable bonds is 14.